The lowest BCUT2D eigenvalue weighted by Crippen LogP contribution is -1.90. The summed E-state index contributed by atoms with van der Waals surface area (Å²) in [6, 6.07) is 6.19. The van der Waals surface area contributed by atoms with Gasteiger partial charge >= 0.3 is 0 Å². The predicted molar refractivity (Wildman–Crippen MR) is 50.5 cm³/mol. The van der Waals surface area contributed by atoms with E-state index in [0.717, 1.165) is 0 Å². The molecule has 0 aliphatic heterocycles. The largest absolute Gasteiger partial charge is 0.396 e. The zero-order valence-corrected chi connectivity index (χ0v) is 7.85. The van der Waals surface area contributed by atoms with Crippen LogP contribution in [0.25, 0.3) is 11.4 Å². The molecule has 0 saturated carbocycles. The molecule has 4 nitrogen and oxygen atoms in total. The molecule has 1 N–H and O–H groups in total. The molecule has 0 aliphatic rings. The molecule has 1 aromatic heterocycles. The van der Waals surface area contributed by atoms with Crippen molar-refractivity contribution in [2.75, 3.05) is 6.61 Å². The van der Waals surface area contributed by atoms with E-state index in [9.17, 15) is 4.39 Å². The van der Waals surface area contributed by atoms with Gasteiger partial charge in [0.25, 0.3) is 0 Å². The third-order valence-electron chi connectivity index (χ3n) is 1.91. The van der Waals surface area contributed by atoms with Gasteiger partial charge in [0.1, 0.15) is 5.82 Å². The summed E-state index contributed by atoms with van der Waals surface area (Å²) in [6.07, 6.45) is 0.279. The number of nitrogens with zero attached hydrogens (tertiary/aromatic N) is 2. The lowest BCUT2D eigenvalue weighted by atomic mass is 10.2. The maximum absolute atomic E-state index is 13.3. The highest BCUT2D eigenvalue weighted by atomic mass is 19.1. The van der Waals surface area contributed by atoms with E-state index in [1.54, 1.807) is 18.2 Å². The Kier molecular flexibility index (Phi) is 2.73. The Hall–Kier alpha value is -1.75. The fourth-order valence-corrected chi connectivity index (χ4v) is 1.20. The van der Waals surface area contributed by atoms with Crippen LogP contribution in [-0.4, -0.2) is 21.9 Å². The number of benzene rings is 1. The summed E-state index contributed by atoms with van der Waals surface area (Å²) in [6.45, 7) is -0.0705. The molecule has 5 heteroatoms. The Balaban J connectivity index is 2.33. The van der Waals surface area contributed by atoms with E-state index in [4.69, 9.17) is 9.63 Å². The molecule has 0 radical (unpaired) electrons. The fraction of sp³-hybridized carbons (Fsp3) is 0.200. The van der Waals surface area contributed by atoms with Crippen LogP contribution in [0.5, 0.6) is 0 Å². The van der Waals surface area contributed by atoms with Crippen LogP contribution in [0.3, 0.4) is 0 Å². The minimum absolute atomic E-state index is 0.0705. The molecular weight excluding hydrogens is 199 g/mol. The molecule has 0 amide bonds. The van der Waals surface area contributed by atoms with Crippen LogP contribution in [0.1, 0.15) is 5.89 Å². The Labute approximate surface area is 85.4 Å². The molecule has 1 heterocycles. The van der Waals surface area contributed by atoms with E-state index in [0.29, 0.717) is 11.5 Å². The Morgan fingerprint density at radius 3 is 2.87 bits per heavy atom. The van der Waals surface area contributed by atoms with Crippen LogP contribution in [0, 0.1) is 5.82 Å². The highest BCUT2D eigenvalue weighted by Gasteiger charge is 2.11. The van der Waals surface area contributed by atoms with Gasteiger partial charge in [0.2, 0.25) is 11.7 Å². The molecule has 0 fully saturated rings. The van der Waals surface area contributed by atoms with Crippen molar-refractivity contribution in [2.45, 2.75) is 6.42 Å². The van der Waals surface area contributed by atoms with Crippen molar-refractivity contribution in [1.29, 1.82) is 0 Å². The maximum atomic E-state index is 13.3. The van der Waals surface area contributed by atoms with E-state index in [2.05, 4.69) is 10.1 Å². The molecular formula is C10H9FN2O2. The first kappa shape index (κ1) is 9.79. The van der Waals surface area contributed by atoms with Gasteiger partial charge in [-0.2, -0.15) is 4.98 Å². The number of aromatic nitrogens is 2. The van der Waals surface area contributed by atoms with Gasteiger partial charge in [-0.15, -0.1) is 0 Å². The van der Waals surface area contributed by atoms with E-state index in [-0.39, 0.29) is 18.9 Å². The molecule has 2 aromatic rings. The second kappa shape index (κ2) is 4.18. The minimum atomic E-state index is -0.395. The van der Waals surface area contributed by atoms with Gasteiger partial charge in [-0.1, -0.05) is 17.3 Å². The third kappa shape index (κ3) is 2.02. The Morgan fingerprint density at radius 2 is 2.13 bits per heavy atom. The molecule has 2 rings (SSSR count). The highest BCUT2D eigenvalue weighted by molar-refractivity contribution is 5.54. The Bertz CT molecular complexity index is 456. The quantitative estimate of drug-likeness (QED) is 0.828. The van der Waals surface area contributed by atoms with Gasteiger partial charge in [-0.05, 0) is 12.1 Å². The zero-order chi connectivity index (χ0) is 10.7. The number of rotatable bonds is 3. The Morgan fingerprint density at radius 1 is 1.33 bits per heavy atom. The van der Waals surface area contributed by atoms with Crippen LogP contribution in [-0.2, 0) is 6.42 Å². The molecule has 0 saturated heterocycles. The third-order valence-corrected chi connectivity index (χ3v) is 1.91. The molecule has 0 unspecified atom stereocenters. The normalized spacial score (nSPS) is 10.5. The average molecular weight is 208 g/mol. The van der Waals surface area contributed by atoms with Crippen molar-refractivity contribution >= 4 is 0 Å². The van der Waals surface area contributed by atoms with Gasteiger partial charge in [-0.3, -0.25) is 0 Å². The maximum Gasteiger partial charge on any atom is 0.229 e. The van der Waals surface area contributed by atoms with Crippen LogP contribution in [0.15, 0.2) is 28.8 Å². The van der Waals surface area contributed by atoms with Crippen LogP contribution in [0.4, 0.5) is 4.39 Å². The van der Waals surface area contributed by atoms with Crippen molar-refractivity contribution in [3.8, 4) is 11.4 Å². The average Bonchev–Trinajstić information content (AvgIpc) is 2.68. The summed E-state index contributed by atoms with van der Waals surface area (Å²) in [5, 5.41) is 12.3. The molecule has 1 aromatic carbocycles. The van der Waals surface area contributed by atoms with Crippen molar-refractivity contribution in [1.82, 2.24) is 10.1 Å². The van der Waals surface area contributed by atoms with Gasteiger partial charge in [-0.25, -0.2) is 4.39 Å². The molecule has 0 atom stereocenters. The zero-order valence-electron chi connectivity index (χ0n) is 7.85. The van der Waals surface area contributed by atoms with Gasteiger partial charge < -0.3 is 9.63 Å². The van der Waals surface area contributed by atoms with E-state index in [1.807, 2.05) is 0 Å². The number of halogens is 1. The predicted octanol–water partition coefficient (Wildman–Crippen LogP) is 1.41. The van der Waals surface area contributed by atoms with Crippen molar-refractivity contribution in [3.05, 3.63) is 36.0 Å². The summed E-state index contributed by atoms with van der Waals surface area (Å²) >= 11 is 0. The SMILES string of the molecule is OCCc1nc(-c2ccccc2F)no1. The smallest absolute Gasteiger partial charge is 0.229 e. The van der Waals surface area contributed by atoms with Crippen LogP contribution in [0.2, 0.25) is 0 Å². The first-order valence-corrected chi connectivity index (χ1v) is 4.49. The standard InChI is InChI=1S/C10H9FN2O2/c11-8-4-2-1-3-7(8)10-12-9(5-6-14)15-13-10/h1-4,14H,5-6H2. The van der Waals surface area contributed by atoms with Gasteiger partial charge in [0, 0.05) is 0 Å². The number of aliphatic hydroxyl groups is 1. The molecule has 78 valence electrons. The van der Waals surface area contributed by atoms with Crippen molar-refractivity contribution in [2.24, 2.45) is 0 Å². The lowest BCUT2D eigenvalue weighted by molar-refractivity contribution is 0.274. The second-order valence-corrected chi connectivity index (χ2v) is 2.97. The van der Waals surface area contributed by atoms with Crippen LogP contribution < -0.4 is 0 Å². The van der Waals surface area contributed by atoms with Gasteiger partial charge in [0.05, 0.1) is 18.6 Å². The van der Waals surface area contributed by atoms with Gasteiger partial charge in [0.15, 0.2) is 0 Å². The molecule has 0 bridgehead atoms. The van der Waals surface area contributed by atoms with E-state index >= 15 is 0 Å². The molecule has 0 aliphatic carbocycles. The first-order valence-electron chi connectivity index (χ1n) is 4.49. The monoisotopic (exact) mass is 208 g/mol. The summed E-state index contributed by atoms with van der Waals surface area (Å²) in [5.74, 6) is 0.112. The number of hydrogen-bond acceptors (Lipinski definition) is 4. The highest BCUT2D eigenvalue weighted by Crippen LogP contribution is 2.18. The van der Waals surface area contributed by atoms with Crippen molar-refractivity contribution in [3.63, 3.8) is 0 Å². The first-order chi connectivity index (χ1) is 7.31. The molecule has 15 heavy (non-hydrogen) atoms. The van der Waals surface area contributed by atoms with Crippen LogP contribution >= 0.6 is 0 Å². The fourth-order valence-electron chi connectivity index (χ4n) is 1.20. The summed E-state index contributed by atoms with van der Waals surface area (Å²) in [5.41, 5.74) is 0.297. The minimum Gasteiger partial charge on any atom is -0.396 e. The second-order valence-electron chi connectivity index (χ2n) is 2.97. The summed E-state index contributed by atoms with van der Waals surface area (Å²) in [4.78, 5) is 3.95. The van der Waals surface area contributed by atoms with E-state index in [1.165, 1.54) is 6.07 Å². The summed E-state index contributed by atoms with van der Waals surface area (Å²) < 4.78 is 18.1. The number of hydrogen-bond donors (Lipinski definition) is 1. The van der Waals surface area contributed by atoms with Crippen molar-refractivity contribution < 1.29 is 14.0 Å². The van der Waals surface area contributed by atoms with E-state index < -0.39 is 5.82 Å². The summed E-state index contributed by atoms with van der Waals surface area (Å²) in [7, 11) is 0. The lowest BCUT2D eigenvalue weighted by Gasteiger charge is -1.94. The topological polar surface area (TPSA) is 59.2 Å². The number of aliphatic hydroxyl groups excluding tert-OH is 1. The molecule has 0 spiro atoms.